The molecule has 1 aromatic rings. The Morgan fingerprint density at radius 3 is 2.43 bits per heavy atom. The first kappa shape index (κ1) is 17.5. The largest absolute Gasteiger partial charge is 0.369 e. The highest BCUT2D eigenvalue weighted by atomic mass is 16.2. The molecule has 1 saturated heterocycles. The summed E-state index contributed by atoms with van der Waals surface area (Å²) in [4.78, 5) is 27.8. The van der Waals surface area contributed by atoms with E-state index in [0.29, 0.717) is 32.5 Å². The summed E-state index contributed by atoms with van der Waals surface area (Å²) in [5, 5.41) is 0. The highest BCUT2D eigenvalue weighted by molar-refractivity contribution is 5.80. The summed E-state index contributed by atoms with van der Waals surface area (Å²) in [6.45, 7) is 5.52. The molecule has 1 aliphatic heterocycles. The van der Waals surface area contributed by atoms with Crippen molar-refractivity contribution in [2.45, 2.75) is 32.7 Å². The first-order valence-electron chi connectivity index (χ1n) is 8.43. The Balaban J connectivity index is 1.87. The molecule has 0 atom stereocenters. The molecule has 126 valence electrons. The summed E-state index contributed by atoms with van der Waals surface area (Å²) in [5.41, 5.74) is 6.57. The van der Waals surface area contributed by atoms with Crippen LogP contribution in [-0.4, -0.2) is 47.8 Å². The van der Waals surface area contributed by atoms with Crippen LogP contribution >= 0.6 is 0 Å². The van der Waals surface area contributed by atoms with E-state index in [2.05, 4.69) is 24.0 Å². The predicted molar refractivity (Wildman–Crippen MR) is 90.5 cm³/mol. The van der Waals surface area contributed by atoms with Crippen LogP contribution in [0.2, 0.25) is 0 Å². The van der Waals surface area contributed by atoms with Gasteiger partial charge in [0.25, 0.3) is 0 Å². The molecule has 1 heterocycles. The van der Waals surface area contributed by atoms with Crippen LogP contribution in [0.15, 0.2) is 30.3 Å². The van der Waals surface area contributed by atoms with Gasteiger partial charge in [0.2, 0.25) is 11.8 Å². The Kier molecular flexibility index (Phi) is 6.59. The van der Waals surface area contributed by atoms with E-state index < -0.39 is 0 Å². The predicted octanol–water partition coefficient (Wildman–Crippen LogP) is 1.62. The summed E-state index contributed by atoms with van der Waals surface area (Å²) in [5.74, 6) is -0.166. The van der Waals surface area contributed by atoms with E-state index in [4.69, 9.17) is 5.73 Å². The number of nitrogens with two attached hydrogens (primary N) is 1. The van der Waals surface area contributed by atoms with Gasteiger partial charge in [0.1, 0.15) is 0 Å². The molecule has 1 aliphatic rings. The highest BCUT2D eigenvalue weighted by Gasteiger charge is 2.26. The van der Waals surface area contributed by atoms with Gasteiger partial charge in [0.15, 0.2) is 0 Å². The van der Waals surface area contributed by atoms with Gasteiger partial charge < -0.3 is 10.6 Å². The molecule has 1 fully saturated rings. The quantitative estimate of drug-likeness (QED) is 0.831. The van der Waals surface area contributed by atoms with Gasteiger partial charge >= 0.3 is 0 Å². The number of benzene rings is 1. The second-order valence-corrected chi connectivity index (χ2v) is 6.25. The maximum atomic E-state index is 12.5. The van der Waals surface area contributed by atoms with E-state index in [9.17, 15) is 9.59 Å². The molecule has 23 heavy (non-hydrogen) atoms. The van der Waals surface area contributed by atoms with Crippen molar-refractivity contribution in [1.29, 1.82) is 0 Å². The van der Waals surface area contributed by atoms with E-state index >= 15 is 0 Å². The number of carbonyl (C=O) groups is 2. The molecule has 2 rings (SSSR count). The van der Waals surface area contributed by atoms with Crippen molar-refractivity contribution in [2.75, 3.05) is 26.2 Å². The zero-order chi connectivity index (χ0) is 16.7. The monoisotopic (exact) mass is 317 g/mol. The smallest absolute Gasteiger partial charge is 0.236 e. The molecule has 0 aliphatic carbocycles. The number of likely N-dealkylation sites (tertiary alicyclic amines) is 1. The van der Waals surface area contributed by atoms with Crippen LogP contribution in [0.3, 0.4) is 0 Å². The van der Waals surface area contributed by atoms with Crippen molar-refractivity contribution in [3.05, 3.63) is 35.9 Å². The lowest BCUT2D eigenvalue weighted by Crippen LogP contribution is -2.45. The number of rotatable bonds is 7. The second kappa shape index (κ2) is 8.67. The molecular formula is C18H27N3O2. The van der Waals surface area contributed by atoms with Crippen LogP contribution in [0.1, 0.15) is 31.7 Å². The first-order chi connectivity index (χ1) is 11.1. The minimum Gasteiger partial charge on any atom is -0.369 e. The topological polar surface area (TPSA) is 66.6 Å². The molecule has 1 aromatic carbocycles. The molecule has 0 unspecified atom stereocenters. The summed E-state index contributed by atoms with van der Waals surface area (Å²) >= 11 is 0. The van der Waals surface area contributed by atoms with Gasteiger partial charge in [-0.1, -0.05) is 37.3 Å². The lowest BCUT2D eigenvalue weighted by molar-refractivity contribution is -0.136. The normalized spacial score (nSPS) is 15.8. The van der Waals surface area contributed by atoms with Crippen LogP contribution in [-0.2, 0) is 16.1 Å². The fraction of sp³-hybridized carbons (Fsp3) is 0.556. The van der Waals surface area contributed by atoms with Gasteiger partial charge in [-0.3, -0.25) is 14.5 Å². The zero-order valence-electron chi connectivity index (χ0n) is 13.9. The third kappa shape index (κ3) is 5.36. The number of primary amides is 1. The van der Waals surface area contributed by atoms with Crippen molar-refractivity contribution in [2.24, 2.45) is 11.7 Å². The Labute approximate surface area is 138 Å². The summed E-state index contributed by atoms with van der Waals surface area (Å²) in [6.07, 6.45) is 2.39. The molecule has 2 amide bonds. The molecule has 5 nitrogen and oxygen atoms in total. The van der Waals surface area contributed by atoms with Crippen molar-refractivity contribution in [3.8, 4) is 0 Å². The van der Waals surface area contributed by atoms with Crippen molar-refractivity contribution >= 4 is 11.8 Å². The van der Waals surface area contributed by atoms with E-state index in [-0.39, 0.29) is 17.7 Å². The average Bonchev–Trinajstić information content (AvgIpc) is 2.56. The van der Waals surface area contributed by atoms with Crippen molar-refractivity contribution < 1.29 is 9.59 Å². The van der Waals surface area contributed by atoms with Gasteiger partial charge in [-0.25, -0.2) is 0 Å². The number of carbonyl (C=O) groups excluding carboxylic acids is 2. The molecule has 0 aromatic heterocycles. The maximum absolute atomic E-state index is 12.5. The molecule has 0 bridgehead atoms. The van der Waals surface area contributed by atoms with Gasteiger partial charge in [0, 0.05) is 25.6 Å². The highest BCUT2D eigenvalue weighted by Crippen LogP contribution is 2.17. The van der Waals surface area contributed by atoms with E-state index in [1.165, 1.54) is 5.56 Å². The summed E-state index contributed by atoms with van der Waals surface area (Å²) in [7, 11) is 0. The third-order valence-corrected chi connectivity index (χ3v) is 4.40. The van der Waals surface area contributed by atoms with Crippen LogP contribution < -0.4 is 5.73 Å². The second-order valence-electron chi connectivity index (χ2n) is 6.25. The number of hydrogen-bond acceptors (Lipinski definition) is 3. The average molecular weight is 317 g/mol. The van der Waals surface area contributed by atoms with Crippen molar-refractivity contribution in [3.63, 3.8) is 0 Å². The Hall–Kier alpha value is -1.88. The molecule has 0 radical (unpaired) electrons. The fourth-order valence-electron chi connectivity index (χ4n) is 3.08. The van der Waals surface area contributed by atoms with Gasteiger partial charge in [-0.05, 0) is 31.4 Å². The van der Waals surface area contributed by atoms with Gasteiger partial charge in [-0.15, -0.1) is 0 Å². The number of amides is 2. The lowest BCUT2D eigenvalue weighted by atomic mass is 9.96. The number of piperidine rings is 1. The van der Waals surface area contributed by atoms with E-state index in [1.54, 1.807) is 0 Å². The Morgan fingerprint density at radius 1 is 1.22 bits per heavy atom. The maximum Gasteiger partial charge on any atom is 0.236 e. The van der Waals surface area contributed by atoms with Gasteiger partial charge in [0.05, 0.1) is 6.54 Å². The fourth-order valence-corrected chi connectivity index (χ4v) is 3.08. The third-order valence-electron chi connectivity index (χ3n) is 4.40. The molecular weight excluding hydrogens is 290 g/mol. The number of nitrogens with zero attached hydrogens (tertiary/aromatic N) is 2. The van der Waals surface area contributed by atoms with Crippen LogP contribution in [0.4, 0.5) is 0 Å². The first-order valence-corrected chi connectivity index (χ1v) is 8.43. The van der Waals surface area contributed by atoms with Crippen LogP contribution in [0.5, 0.6) is 0 Å². The summed E-state index contributed by atoms with van der Waals surface area (Å²) < 4.78 is 0. The molecule has 0 saturated carbocycles. The Morgan fingerprint density at radius 2 is 1.87 bits per heavy atom. The van der Waals surface area contributed by atoms with Crippen LogP contribution in [0, 0.1) is 5.92 Å². The minimum absolute atomic E-state index is 0.0740. The van der Waals surface area contributed by atoms with E-state index in [0.717, 1.165) is 19.5 Å². The standard InChI is InChI=1S/C18H27N3O2/c1-2-10-20(13-15-6-4-3-5-7-15)14-17(22)21-11-8-16(9-12-21)18(19)23/h3-7,16H,2,8-14H2,1H3,(H2,19,23). The van der Waals surface area contributed by atoms with Gasteiger partial charge in [-0.2, -0.15) is 0 Å². The van der Waals surface area contributed by atoms with E-state index in [1.807, 2.05) is 23.1 Å². The Bertz CT molecular complexity index is 510. The molecule has 0 spiro atoms. The van der Waals surface area contributed by atoms with Crippen molar-refractivity contribution in [1.82, 2.24) is 9.80 Å². The molecule has 2 N–H and O–H groups in total. The SMILES string of the molecule is CCCN(CC(=O)N1CCC(C(N)=O)CC1)Cc1ccccc1. The number of hydrogen-bond donors (Lipinski definition) is 1. The molecule has 5 heteroatoms. The lowest BCUT2D eigenvalue weighted by Gasteiger charge is -2.32. The summed E-state index contributed by atoms with van der Waals surface area (Å²) in [6, 6.07) is 10.2. The van der Waals surface area contributed by atoms with Crippen LogP contribution in [0.25, 0.3) is 0 Å². The zero-order valence-corrected chi connectivity index (χ0v) is 13.9. The minimum atomic E-state index is -0.242.